The molecule has 2 aromatic rings. The van der Waals surface area contributed by atoms with Crippen molar-refractivity contribution in [1.29, 1.82) is 0 Å². The monoisotopic (exact) mass is 172 g/mol. The van der Waals surface area contributed by atoms with E-state index in [2.05, 4.69) is 25.1 Å². The van der Waals surface area contributed by atoms with Crippen LogP contribution in [0, 0.1) is 6.92 Å². The minimum atomic E-state index is 0.115. The summed E-state index contributed by atoms with van der Waals surface area (Å²) in [7, 11) is 0. The summed E-state index contributed by atoms with van der Waals surface area (Å²) in [5.41, 5.74) is 2.24. The maximum absolute atomic E-state index is 8.95. The number of aliphatic hydroxyl groups is 1. The summed E-state index contributed by atoms with van der Waals surface area (Å²) in [5.74, 6) is 0. The Labute approximate surface area is 77.6 Å². The van der Waals surface area contributed by atoms with Gasteiger partial charge in [-0.1, -0.05) is 35.9 Å². The average Bonchev–Trinajstić information content (AvgIpc) is 2.17. The number of rotatable bonds is 1. The highest BCUT2D eigenvalue weighted by Gasteiger charge is 1.95. The fraction of sp³-hybridized carbons (Fsp3) is 0.167. The third kappa shape index (κ3) is 1.56. The molecule has 0 saturated carbocycles. The van der Waals surface area contributed by atoms with E-state index in [0.29, 0.717) is 0 Å². The van der Waals surface area contributed by atoms with Gasteiger partial charge in [0.2, 0.25) is 0 Å². The Kier molecular flexibility index (Phi) is 2.03. The Morgan fingerprint density at radius 3 is 2.46 bits per heavy atom. The lowest BCUT2D eigenvalue weighted by Gasteiger charge is -2.01. The van der Waals surface area contributed by atoms with E-state index in [-0.39, 0.29) is 6.61 Å². The summed E-state index contributed by atoms with van der Waals surface area (Å²) in [6.07, 6.45) is 0. The van der Waals surface area contributed by atoms with Crippen LogP contribution >= 0.6 is 0 Å². The van der Waals surface area contributed by atoms with Crippen LogP contribution in [-0.2, 0) is 6.61 Å². The lowest BCUT2D eigenvalue weighted by atomic mass is 10.1. The molecule has 0 aliphatic heterocycles. The second-order valence-electron chi connectivity index (χ2n) is 3.34. The molecule has 0 amide bonds. The Bertz CT molecular complexity index is 432. The maximum Gasteiger partial charge on any atom is 0.0682 e. The van der Waals surface area contributed by atoms with Gasteiger partial charge in [-0.15, -0.1) is 0 Å². The SMILES string of the molecule is Cc1ccc2cc(CO)ccc2c1. The first kappa shape index (κ1) is 8.27. The number of aryl methyl sites for hydroxylation is 1. The fourth-order valence-electron chi connectivity index (χ4n) is 1.51. The minimum absolute atomic E-state index is 0.115. The van der Waals surface area contributed by atoms with E-state index in [1.165, 1.54) is 16.3 Å². The van der Waals surface area contributed by atoms with Crippen molar-refractivity contribution in [2.24, 2.45) is 0 Å². The molecule has 1 N–H and O–H groups in total. The molecule has 0 heterocycles. The first-order valence-corrected chi connectivity index (χ1v) is 4.40. The van der Waals surface area contributed by atoms with Crippen LogP contribution in [0.2, 0.25) is 0 Å². The van der Waals surface area contributed by atoms with Crippen LogP contribution in [0.5, 0.6) is 0 Å². The topological polar surface area (TPSA) is 20.2 Å². The number of benzene rings is 2. The predicted octanol–water partition coefficient (Wildman–Crippen LogP) is 2.64. The second-order valence-corrected chi connectivity index (χ2v) is 3.34. The van der Waals surface area contributed by atoms with Crippen LogP contribution in [0.25, 0.3) is 10.8 Å². The molecule has 0 radical (unpaired) electrons. The summed E-state index contributed by atoms with van der Waals surface area (Å²) in [6, 6.07) is 12.4. The zero-order valence-corrected chi connectivity index (χ0v) is 7.62. The molecule has 0 atom stereocenters. The summed E-state index contributed by atoms with van der Waals surface area (Å²) < 4.78 is 0. The van der Waals surface area contributed by atoms with E-state index in [1.54, 1.807) is 0 Å². The first-order valence-electron chi connectivity index (χ1n) is 4.40. The highest BCUT2D eigenvalue weighted by Crippen LogP contribution is 2.17. The molecule has 66 valence electrons. The van der Waals surface area contributed by atoms with Crippen LogP contribution in [0.15, 0.2) is 36.4 Å². The van der Waals surface area contributed by atoms with Crippen LogP contribution in [0.3, 0.4) is 0 Å². The van der Waals surface area contributed by atoms with Gasteiger partial charge < -0.3 is 5.11 Å². The van der Waals surface area contributed by atoms with Crippen molar-refractivity contribution < 1.29 is 5.11 Å². The van der Waals surface area contributed by atoms with Crippen LogP contribution < -0.4 is 0 Å². The van der Waals surface area contributed by atoms with Crippen LogP contribution in [0.1, 0.15) is 11.1 Å². The second kappa shape index (κ2) is 3.19. The lowest BCUT2D eigenvalue weighted by Crippen LogP contribution is -1.82. The molecule has 0 aromatic heterocycles. The van der Waals surface area contributed by atoms with Crippen molar-refractivity contribution in [3.63, 3.8) is 0 Å². The van der Waals surface area contributed by atoms with Gasteiger partial charge in [0.25, 0.3) is 0 Å². The summed E-state index contributed by atoms with van der Waals surface area (Å²) >= 11 is 0. The predicted molar refractivity (Wildman–Crippen MR) is 54.6 cm³/mol. The van der Waals surface area contributed by atoms with E-state index in [9.17, 15) is 0 Å². The van der Waals surface area contributed by atoms with E-state index in [1.807, 2.05) is 18.2 Å². The molecule has 0 aliphatic carbocycles. The summed E-state index contributed by atoms with van der Waals surface area (Å²) in [5, 5.41) is 11.4. The molecule has 0 saturated heterocycles. The van der Waals surface area contributed by atoms with Crippen molar-refractivity contribution in [1.82, 2.24) is 0 Å². The van der Waals surface area contributed by atoms with E-state index < -0.39 is 0 Å². The molecular formula is C12H12O. The third-order valence-corrected chi connectivity index (χ3v) is 2.24. The zero-order chi connectivity index (χ0) is 9.26. The van der Waals surface area contributed by atoms with Gasteiger partial charge in [0.1, 0.15) is 0 Å². The van der Waals surface area contributed by atoms with E-state index in [0.717, 1.165) is 5.56 Å². The van der Waals surface area contributed by atoms with Gasteiger partial charge in [0.05, 0.1) is 6.61 Å². The Hall–Kier alpha value is -1.34. The molecule has 1 heteroatoms. The molecule has 0 fully saturated rings. The van der Waals surface area contributed by atoms with Gasteiger partial charge in [0, 0.05) is 0 Å². The molecule has 0 unspecified atom stereocenters. The lowest BCUT2D eigenvalue weighted by molar-refractivity contribution is 0.282. The first-order chi connectivity index (χ1) is 6.29. The van der Waals surface area contributed by atoms with E-state index in [4.69, 9.17) is 5.11 Å². The number of fused-ring (bicyclic) bond motifs is 1. The summed E-state index contributed by atoms with van der Waals surface area (Å²) in [6.45, 7) is 2.20. The minimum Gasteiger partial charge on any atom is -0.392 e. The molecule has 2 rings (SSSR count). The van der Waals surface area contributed by atoms with Gasteiger partial charge in [-0.2, -0.15) is 0 Å². The van der Waals surface area contributed by atoms with Crippen LogP contribution in [-0.4, -0.2) is 5.11 Å². The van der Waals surface area contributed by atoms with Crippen molar-refractivity contribution in [3.05, 3.63) is 47.5 Å². The van der Waals surface area contributed by atoms with Gasteiger partial charge in [-0.05, 0) is 29.3 Å². The fourth-order valence-corrected chi connectivity index (χ4v) is 1.51. The molecule has 1 nitrogen and oxygen atoms in total. The number of hydrogen-bond acceptors (Lipinski definition) is 1. The maximum atomic E-state index is 8.95. The van der Waals surface area contributed by atoms with Crippen molar-refractivity contribution in [2.45, 2.75) is 13.5 Å². The van der Waals surface area contributed by atoms with Crippen molar-refractivity contribution in [3.8, 4) is 0 Å². The third-order valence-electron chi connectivity index (χ3n) is 2.24. The molecule has 0 aliphatic rings. The molecule has 2 aromatic carbocycles. The summed E-state index contributed by atoms with van der Waals surface area (Å²) in [4.78, 5) is 0. The number of aliphatic hydroxyl groups excluding tert-OH is 1. The molecule has 0 bridgehead atoms. The standard InChI is InChI=1S/C12H12O/c1-9-2-4-12-7-10(8-13)3-5-11(12)6-9/h2-7,13H,8H2,1H3. The Morgan fingerprint density at radius 2 is 1.69 bits per heavy atom. The van der Waals surface area contributed by atoms with E-state index >= 15 is 0 Å². The zero-order valence-electron chi connectivity index (χ0n) is 7.62. The van der Waals surface area contributed by atoms with Gasteiger partial charge in [0.15, 0.2) is 0 Å². The normalized spacial score (nSPS) is 10.6. The quantitative estimate of drug-likeness (QED) is 0.701. The Balaban J connectivity index is 2.66. The average molecular weight is 172 g/mol. The molecule has 0 spiro atoms. The largest absolute Gasteiger partial charge is 0.392 e. The molecular weight excluding hydrogens is 160 g/mol. The van der Waals surface area contributed by atoms with Crippen LogP contribution in [0.4, 0.5) is 0 Å². The van der Waals surface area contributed by atoms with Gasteiger partial charge in [-0.3, -0.25) is 0 Å². The number of hydrogen-bond donors (Lipinski definition) is 1. The smallest absolute Gasteiger partial charge is 0.0682 e. The van der Waals surface area contributed by atoms with Gasteiger partial charge >= 0.3 is 0 Å². The Morgan fingerprint density at radius 1 is 1.00 bits per heavy atom. The highest BCUT2D eigenvalue weighted by molar-refractivity contribution is 5.83. The highest BCUT2D eigenvalue weighted by atomic mass is 16.3. The van der Waals surface area contributed by atoms with Crippen molar-refractivity contribution >= 4 is 10.8 Å². The molecule has 13 heavy (non-hydrogen) atoms. The van der Waals surface area contributed by atoms with Crippen molar-refractivity contribution in [2.75, 3.05) is 0 Å². The van der Waals surface area contributed by atoms with Gasteiger partial charge in [-0.25, -0.2) is 0 Å².